The Hall–Kier alpha value is -0.870. The van der Waals surface area contributed by atoms with E-state index in [0.717, 1.165) is 15.9 Å². The highest BCUT2D eigenvalue weighted by atomic mass is 79.9. The van der Waals surface area contributed by atoms with Crippen molar-refractivity contribution in [2.75, 3.05) is 0 Å². The number of aryl methyl sites for hydroxylation is 1. The van der Waals surface area contributed by atoms with Crippen molar-refractivity contribution in [1.82, 2.24) is 4.98 Å². The first-order valence-electron chi connectivity index (χ1n) is 4.52. The lowest BCUT2D eigenvalue weighted by atomic mass is 10.2. The van der Waals surface area contributed by atoms with Crippen molar-refractivity contribution < 1.29 is 4.74 Å². The molecule has 0 saturated heterocycles. The molecule has 1 heterocycles. The number of hydrogen-bond donors (Lipinski definition) is 0. The summed E-state index contributed by atoms with van der Waals surface area (Å²) in [7, 11) is 0. The van der Waals surface area contributed by atoms with E-state index in [0.29, 0.717) is 6.61 Å². The summed E-state index contributed by atoms with van der Waals surface area (Å²) in [6, 6.07) is 6.03. The molecule has 2 rings (SSSR count). The maximum absolute atomic E-state index is 5.63. The molecule has 0 saturated carbocycles. The van der Waals surface area contributed by atoms with E-state index < -0.39 is 0 Å². The summed E-state index contributed by atoms with van der Waals surface area (Å²) < 4.78 is 6.62. The van der Waals surface area contributed by atoms with E-state index in [2.05, 4.69) is 27.8 Å². The van der Waals surface area contributed by atoms with Crippen LogP contribution in [-0.2, 0) is 6.61 Å². The quantitative estimate of drug-likeness (QED) is 0.855. The van der Waals surface area contributed by atoms with Crippen LogP contribution in [0.15, 0.2) is 33.6 Å². The van der Waals surface area contributed by atoms with Crippen LogP contribution in [0.1, 0.15) is 11.3 Å². The Balaban J connectivity index is 2.05. The van der Waals surface area contributed by atoms with E-state index in [1.165, 1.54) is 5.56 Å². The minimum absolute atomic E-state index is 0.519. The van der Waals surface area contributed by atoms with Gasteiger partial charge in [-0.05, 0) is 40.5 Å². The third-order valence-electron chi connectivity index (χ3n) is 1.95. The Labute approximate surface area is 101 Å². The van der Waals surface area contributed by atoms with Crippen molar-refractivity contribution in [3.05, 3.63) is 44.8 Å². The second-order valence-electron chi connectivity index (χ2n) is 3.20. The Morgan fingerprint density at radius 1 is 1.47 bits per heavy atom. The molecule has 0 fully saturated rings. The predicted molar refractivity (Wildman–Crippen MR) is 65.3 cm³/mol. The van der Waals surface area contributed by atoms with Crippen LogP contribution >= 0.6 is 27.3 Å². The monoisotopic (exact) mass is 283 g/mol. The Morgan fingerprint density at radius 3 is 3.00 bits per heavy atom. The van der Waals surface area contributed by atoms with Crippen molar-refractivity contribution in [3.8, 4) is 5.75 Å². The van der Waals surface area contributed by atoms with Gasteiger partial charge in [-0.15, -0.1) is 11.3 Å². The molecule has 4 heteroatoms. The normalized spacial score (nSPS) is 10.3. The lowest BCUT2D eigenvalue weighted by Gasteiger charge is -2.06. The molecule has 0 bridgehead atoms. The van der Waals surface area contributed by atoms with Gasteiger partial charge in [0.1, 0.15) is 12.4 Å². The van der Waals surface area contributed by atoms with Crippen LogP contribution in [0.5, 0.6) is 5.75 Å². The molecule has 0 radical (unpaired) electrons. The van der Waals surface area contributed by atoms with Crippen LogP contribution in [0.25, 0.3) is 0 Å². The van der Waals surface area contributed by atoms with E-state index in [1.54, 1.807) is 11.3 Å². The molecule has 0 N–H and O–H groups in total. The highest BCUT2D eigenvalue weighted by molar-refractivity contribution is 9.10. The maximum atomic E-state index is 5.63. The Kier molecular flexibility index (Phi) is 3.38. The fraction of sp³-hybridized carbons (Fsp3) is 0.182. The summed E-state index contributed by atoms with van der Waals surface area (Å²) in [5.41, 5.74) is 3.98. The smallest absolute Gasteiger partial charge is 0.134 e. The number of halogens is 1. The number of thiazole rings is 1. The van der Waals surface area contributed by atoms with Gasteiger partial charge in [0.05, 0.1) is 15.7 Å². The molecule has 0 aliphatic carbocycles. The molecule has 1 aromatic heterocycles. The van der Waals surface area contributed by atoms with Crippen LogP contribution in [0.3, 0.4) is 0 Å². The SMILES string of the molecule is Cc1ccc(OCc2cscn2)c(Br)c1. The summed E-state index contributed by atoms with van der Waals surface area (Å²) in [6.45, 7) is 2.57. The van der Waals surface area contributed by atoms with Gasteiger partial charge >= 0.3 is 0 Å². The number of nitrogens with zero attached hydrogens (tertiary/aromatic N) is 1. The first-order valence-corrected chi connectivity index (χ1v) is 6.25. The van der Waals surface area contributed by atoms with Crippen LogP contribution in [0, 0.1) is 6.92 Å². The van der Waals surface area contributed by atoms with Crippen molar-refractivity contribution >= 4 is 27.3 Å². The first-order chi connectivity index (χ1) is 7.25. The molecule has 2 aromatic rings. The molecule has 0 aliphatic heterocycles. The second kappa shape index (κ2) is 4.77. The predicted octanol–water partition coefficient (Wildman–Crippen LogP) is 3.79. The van der Waals surface area contributed by atoms with Gasteiger partial charge in [-0.1, -0.05) is 6.07 Å². The van der Waals surface area contributed by atoms with Gasteiger partial charge in [0.15, 0.2) is 0 Å². The number of rotatable bonds is 3. The van der Waals surface area contributed by atoms with E-state index in [9.17, 15) is 0 Å². The van der Waals surface area contributed by atoms with E-state index in [4.69, 9.17) is 4.74 Å². The number of aromatic nitrogens is 1. The van der Waals surface area contributed by atoms with Gasteiger partial charge in [-0.3, -0.25) is 0 Å². The van der Waals surface area contributed by atoms with Crippen molar-refractivity contribution in [1.29, 1.82) is 0 Å². The fourth-order valence-electron chi connectivity index (χ4n) is 1.18. The van der Waals surface area contributed by atoms with Gasteiger partial charge in [0.2, 0.25) is 0 Å². The van der Waals surface area contributed by atoms with Crippen LogP contribution in [0.2, 0.25) is 0 Å². The molecule has 0 atom stereocenters. The summed E-state index contributed by atoms with van der Waals surface area (Å²) in [4.78, 5) is 4.16. The highest BCUT2D eigenvalue weighted by Crippen LogP contribution is 2.26. The second-order valence-corrected chi connectivity index (χ2v) is 4.78. The zero-order valence-electron chi connectivity index (χ0n) is 8.24. The van der Waals surface area contributed by atoms with Crippen molar-refractivity contribution in [3.63, 3.8) is 0 Å². The first kappa shape index (κ1) is 10.6. The average molecular weight is 284 g/mol. The maximum Gasteiger partial charge on any atom is 0.134 e. The van der Waals surface area contributed by atoms with Crippen LogP contribution in [0.4, 0.5) is 0 Å². The summed E-state index contributed by atoms with van der Waals surface area (Å²) in [5.74, 6) is 0.855. The zero-order chi connectivity index (χ0) is 10.7. The number of hydrogen-bond acceptors (Lipinski definition) is 3. The molecular formula is C11H10BrNOS. The van der Waals surface area contributed by atoms with Crippen molar-refractivity contribution in [2.24, 2.45) is 0 Å². The zero-order valence-corrected chi connectivity index (χ0v) is 10.6. The lowest BCUT2D eigenvalue weighted by molar-refractivity contribution is 0.300. The van der Waals surface area contributed by atoms with Gasteiger partial charge in [0.25, 0.3) is 0 Å². The summed E-state index contributed by atoms with van der Waals surface area (Å²) in [6.07, 6.45) is 0. The average Bonchev–Trinajstić information content (AvgIpc) is 2.69. The van der Waals surface area contributed by atoms with E-state index >= 15 is 0 Å². The highest BCUT2D eigenvalue weighted by Gasteiger charge is 2.02. The minimum atomic E-state index is 0.519. The Bertz CT molecular complexity index is 442. The third-order valence-corrected chi connectivity index (χ3v) is 3.20. The Morgan fingerprint density at radius 2 is 2.33 bits per heavy atom. The van der Waals surface area contributed by atoms with Crippen molar-refractivity contribution in [2.45, 2.75) is 13.5 Å². The molecule has 0 unspecified atom stereocenters. The molecule has 0 aliphatic rings. The van der Waals surface area contributed by atoms with Gasteiger partial charge in [-0.2, -0.15) is 0 Å². The number of ether oxygens (including phenoxy) is 1. The largest absolute Gasteiger partial charge is 0.486 e. The van der Waals surface area contributed by atoms with Gasteiger partial charge < -0.3 is 4.74 Å². The minimum Gasteiger partial charge on any atom is -0.486 e. The molecular weight excluding hydrogens is 274 g/mol. The van der Waals surface area contributed by atoms with Gasteiger partial charge in [0, 0.05) is 5.38 Å². The fourth-order valence-corrected chi connectivity index (χ4v) is 2.33. The molecule has 1 aromatic carbocycles. The van der Waals surface area contributed by atoms with Crippen LogP contribution < -0.4 is 4.74 Å². The molecule has 78 valence electrons. The van der Waals surface area contributed by atoms with E-state index in [-0.39, 0.29) is 0 Å². The van der Waals surface area contributed by atoms with E-state index in [1.807, 2.05) is 29.1 Å². The summed E-state index contributed by atoms with van der Waals surface area (Å²) in [5, 5.41) is 1.99. The van der Waals surface area contributed by atoms with Crippen LogP contribution in [-0.4, -0.2) is 4.98 Å². The molecule has 15 heavy (non-hydrogen) atoms. The molecule has 0 spiro atoms. The number of benzene rings is 1. The molecule has 2 nitrogen and oxygen atoms in total. The molecule has 0 amide bonds. The standard InChI is InChI=1S/C11H10BrNOS/c1-8-2-3-11(10(12)4-8)14-5-9-6-15-7-13-9/h2-4,6-7H,5H2,1H3. The lowest BCUT2D eigenvalue weighted by Crippen LogP contribution is -1.96. The topological polar surface area (TPSA) is 22.1 Å². The third kappa shape index (κ3) is 2.79. The summed E-state index contributed by atoms with van der Waals surface area (Å²) >= 11 is 5.05. The van der Waals surface area contributed by atoms with Gasteiger partial charge in [-0.25, -0.2) is 4.98 Å².